The molecule has 2 atom stereocenters. The molecule has 0 radical (unpaired) electrons. The average molecular weight is 236 g/mol. The molecule has 0 saturated heterocycles. The van der Waals surface area contributed by atoms with E-state index in [1.54, 1.807) is 7.11 Å². The molecule has 0 amide bonds. The van der Waals surface area contributed by atoms with Crippen LogP contribution >= 0.6 is 0 Å². The Bertz CT molecular complexity index is 351. The van der Waals surface area contributed by atoms with Crippen LogP contribution in [0.1, 0.15) is 42.5 Å². The fraction of sp³-hybridized carbons (Fsp3) is 0.571. The lowest BCUT2D eigenvalue weighted by molar-refractivity contribution is 0.408. The lowest BCUT2D eigenvalue weighted by atomic mass is 9.96. The van der Waals surface area contributed by atoms with Gasteiger partial charge in [-0.2, -0.15) is 0 Å². The van der Waals surface area contributed by atoms with Crippen LogP contribution in [0.3, 0.4) is 0 Å². The highest BCUT2D eigenvalue weighted by Crippen LogP contribution is 2.27. The van der Waals surface area contributed by atoms with Crippen molar-refractivity contribution in [3.05, 3.63) is 28.8 Å². The van der Waals surface area contributed by atoms with E-state index in [9.17, 15) is 0 Å². The van der Waals surface area contributed by atoms with Gasteiger partial charge >= 0.3 is 0 Å². The molecule has 0 aliphatic heterocycles. The van der Waals surface area contributed by atoms with E-state index in [0.717, 1.165) is 29.7 Å². The van der Waals surface area contributed by atoms with Crippen molar-refractivity contribution in [2.45, 2.75) is 45.7 Å². The van der Waals surface area contributed by atoms with Crippen molar-refractivity contribution in [3.8, 4) is 5.75 Å². The number of ether oxygens (including phenoxy) is 1. The molecule has 1 aromatic carbocycles. The molecule has 3 heteroatoms. The molecule has 0 bridgehead atoms. The van der Waals surface area contributed by atoms with E-state index in [1.165, 1.54) is 5.56 Å². The predicted octanol–water partition coefficient (Wildman–Crippen LogP) is 2.44. The maximum Gasteiger partial charge on any atom is 0.124 e. The monoisotopic (exact) mass is 236 g/mol. The Balaban J connectivity index is 2.84. The van der Waals surface area contributed by atoms with Gasteiger partial charge in [0.15, 0.2) is 0 Å². The number of aryl methyl sites for hydroxylation is 2. The molecule has 2 unspecified atom stereocenters. The SMILES string of the molecule is COc1c(C)cc(C(N)CCC(C)N)cc1C. The molecule has 0 heterocycles. The van der Waals surface area contributed by atoms with Crippen molar-refractivity contribution in [2.75, 3.05) is 7.11 Å². The maximum absolute atomic E-state index is 6.18. The third-order valence-electron chi connectivity index (χ3n) is 3.05. The molecule has 17 heavy (non-hydrogen) atoms. The fourth-order valence-electron chi connectivity index (χ4n) is 2.13. The minimum atomic E-state index is 0.0595. The van der Waals surface area contributed by atoms with Crippen molar-refractivity contribution in [3.63, 3.8) is 0 Å². The molecule has 0 aliphatic carbocycles. The van der Waals surface area contributed by atoms with E-state index in [-0.39, 0.29) is 12.1 Å². The normalized spacial score (nSPS) is 14.5. The first kappa shape index (κ1) is 14.0. The van der Waals surface area contributed by atoms with Crippen molar-refractivity contribution >= 4 is 0 Å². The third-order valence-corrected chi connectivity index (χ3v) is 3.05. The average Bonchev–Trinajstić information content (AvgIpc) is 2.25. The number of hydrogen-bond acceptors (Lipinski definition) is 3. The first-order valence-corrected chi connectivity index (χ1v) is 6.12. The van der Waals surface area contributed by atoms with Crippen LogP contribution in [0, 0.1) is 13.8 Å². The summed E-state index contributed by atoms with van der Waals surface area (Å²) in [7, 11) is 1.70. The van der Waals surface area contributed by atoms with Crippen LogP contribution in [0.4, 0.5) is 0 Å². The van der Waals surface area contributed by atoms with Gasteiger partial charge in [0.05, 0.1) is 7.11 Å². The molecule has 4 N–H and O–H groups in total. The van der Waals surface area contributed by atoms with Gasteiger partial charge in [-0.15, -0.1) is 0 Å². The second-order valence-electron chi connectivity index (χ2n) is 4.85. The minimum absolute atomic E-state index is 0.0595. The smallest absolute Gasteiger partial charge is 0.124 e. The van der Waals surface area contributed by atoms with Gasteiger partial charge in [-0.1, -0.05) is 12.1 Å². The minimum Gasteiger partial charge on any atom is -0.496 e. The molecule has 0 aliphatic rings. The molecule has 96 valence electrons. The lowest BCUT2D eigenvalue weighted by Gasteiger charge is -2.17. The summed E-state index contributed by atoms with van der Waals surface area (Å²) in [6.45, 7) is 6.11. The topological polar surface area (TPSA) is 61.3 Å². The van der Waals surface area contributed by atoms with Gasteiger partial charge in [-0.3, -0.25) is 0 Å². The summed E-state index contributed by atoms with van der Waals surface area (Å²) < 4.78 is 5.35. The van der Waals surface area contributed by atoms with Crippen LogP contribution in [0.2, 0.25) is 0 Å². The van der Waals surface area contributed by atoms with Gasteiger partial charge in [0.25, 0.3) is 0 Å². The molecule has 0 spiro atoms. The second-order valence-corrected chi connectivity index (χ2v) is 4.85. The summed E-state index contributed by atoms with van der Waals surface area (Å²) in [5.74, 6) is 0.952. The first-order chi connectivity index (χ1) is 7.95. The van der Waals surface area contributed by atoms with Gasteiger partial charge in [-0.25, -0.2) is 0 Å². The Morgan fingerprint density at radius 3 is 2.06 bits per heavy atom. The molecule has 1 aromatic rings. The summed E-state index contributed by atoms with van der Waals surface area (Å²) in [6, 6.07) is 4.49. The van der Waals surface area contributed by atoms with E-state index < -0.39 is 0 Å². The summed E-state index contributed by atoms with van der Waals surface area (Å²) in [5.41, 5.74) is 15.4. The van der Waals surface area contributed by atoms with Crippen LogP contribution in [-0.4, -0.2) is 13.2 Å². The van der Waals surface area contributed by atoms with E-state index in [1.807, 2.05) is 20.8 Å². The van der Waals surface area contributed by atoms with Crippen LogP contribution in [0.25, 0.3) is 0 Å². The first-order valence-electron chi connectivity index (χ1n) is 6.12. The van der Waals surface area contributed by atoms with Crippen LogP contribution < -0.4 is 16.2 Å². The Labute approximate surface area is 104 Å². The van der Waals surface area contributed by atoms with E-state index in [2.05, 4.69) is 12.1 Å². The Morgan fingerprint density at radius 2 is 1.65 bits per heavy atom. The van der Waals surface area contributed by atoms with Gasteiger partial charge < -0.3 is 16.2 Å². The number of benzene rings is 1. The molecular formula is C14H24N2O. The van der Waals surface area contributed by atoms with Gasteiger partial charge in [0, 0.05) is 12.1 Å². The van der Waals surface area contributed by atoms with E-state index >= 15 is 0 Å². The molecule has 0 aromatic heterocycles. The fourth-order valence-corrected chi connectivity index (χ4v) is 2.13. The number of rotatable bonds is 5. The van der Waals surface area contributed by atoms with Gasteiger partial charge in [-0.05, 0) is 50.3 Å². The summed E-state index contributed by atoms with van der Waals surface area (Å²) >= 11 is 0. The molecule has 1 rings (SSSR count). The zero-order chi connectivity index (χ0) is 13.0. The predicted molar refractivity (Wildman–Crippen MR) is 72.3 cm³/mol. The third kappa shape index (κ3) is 3.72. The highest BCUT2D eigenvalue weighted by Gasteiger charge is 2.11. The summed E-state index contributed by atoms with van der Waals surface area (Å²) in [6.07, 6.45) is 1.87. The number of hydrogen-bond donors (Lipinski definition) is 2. The van der Waals surface area contributed by atoms with E-state index in [0.29, 0.717) is 0 Å². The molecule has 0 fully saturated rings. The zero-order valence-electron chi connectivity index (χ0n) is 11.3. The quantitative estimate of drug-likeness (QED) is 0.825. The highest BCUT2D eigenvalue weighted by atomic mass is 16.5. The molecule has 0 saturated carbocycles. The van der Waals surface area contributed by atoms with Crippen LogP contribution in [-0.2, 0) is 0 Å². The lowest BCUT2D eigenvalue weighted by Crippen LogP contribution is -2.19. The number of nitrogens with two attached hydrogens (primary N) is 2. The standard InChI is InChI=1S/C14H24N2O/c1-9-7-12(8-10(2)14(9)17-4)13(16)6-5-11(3)15/h7-8,11,13H,5-6,15-16H2,1-4H3. The van der Waals surface area contributed by atoms with Crippen molar-refractivity contribution in [1.82, 2.24) is 0 Å². The molecule has 3 nitrogen and oxygen atoms in total. The van der Waals surface area contributed by atoms with Gasteiger partial charge in [0.1, 0.15) is 5.75 Å². The largest absolute Gasteiger partial charge is 0.496 e. The van der Waals surface area contributed by atoms with E-state index in [4.69, 9.17) is 16.2 Å². The van der Waals surface area contributed by atoms with Gasteiger partial charge in [0.2, 0.25) is 0 Å². The van der Waals surface area contributed by atoms with Crippen molar-refractivity contribution in [2.24, 2.45) is 11.5 Å². The summed E-state index contributed by atoms with van der Waals surface area (Å²) in [5, 5.41) is 0. The Hall–Kier alpha value is -1.06. The zero-order valence-corrected chi connectivity index (χ0v) is 11.3. The number of methoxy groups -OCH3 is 1. The van der Waals surface area contributed by atoms with Crippen molar-refractivity contribution in [1.29, 1.82) is 0 Å². The van der Waals surface area contributed by atoms with Crippen LogP contribution in [0.15, 0.2) is 12.1 Å². The Morgan fingerprint density at radius 1 is 1.12 bits per heavy atom. The molecular weight excluding hydrogens is 212 g/mol. The van der Waals surface area contributed by atoms with Crippen LogP contribution in [0.5, 0.6) is 5.75 Å². The van der Waals surface area contributed by atoms with Crippen molar-refractivity contribution < 1.29 is 4.74 Å². The second kappa shape index (κ2) is 6.03. The highest BCUT2D eigenvalue weighted by molar-refractivity contribution is 5.44. The summed E-state index contributed by atoms with van der Waals surface area (Å²) in [4.78, 5) is 0. The Kier molecular flexibility index (Phi) is 4.97. The maximum atomic E-state index is 6.18.